The van der Waals surface area contributed by atoms with Crippen LogP contribution in [0.2, 0.25) is 5.02 Å². The van der Waals surface area contributed by atoms with E-state index in [4.69, 9.17) is 21.1 Å². The fourth-order valence-electron chi connectivity index (χ4n) is 4.60. The van der Waals surface area contributed by atoms with Crippen molar-refractivity contribution in [2.75, 3.05) is 58.4 Å². The molecule has 1 saturated heterocycles. The molecule has 40 heavy (non-hydrogen) atoms. The highest BCUT2D eigenvalue weighted by Crippen LogP contribution is 2.32. The molecular weight excluding hydrogens is 530 g/mol. The van der Waals surface area contributed by atoms with Crippen molar-refractivity contribution in [2.24, 2.45) is 5.92 Å². The van der Waals surface area contributed by atoms with Gasteiger partial charge < -0.3 is 24.2 Å². The summed E-state index contributed by atoms with van der Waals surface area (Å²) < 4.78 is 10.8. The van der Waals surface area contributed by atoms with E-state index in [-0.39, 0.29) is 24.3 Å². The van der Waals surface area contributed by atoms with Gasteiger partial charge in [-0.05, 0) is 54.4 Å². The van der Waals surface area contributed by atoms with Crippen molar-refractivity contribution in [1.29, 1.82) is 0 Å². The third kappa shape index (κ3) is 7.01. The summed E-state index contributed by atoms with van der Waals surface area (Å²) in [4.78, 5) is 32.1. The molecule has 212 valence electrons. The summed E-state index contributed by atoms with van der Waals surface area (Å²) in [6.07, 6.45) is 0.919. The lowest BCUT2D eigenvalue weighted by molar-refractivity contribution is -0.132. The molecule has 0 spiro atoms. The first-order valence-corrected chi connectivity index (χ1v) is 13.8. The molecule has 0 saturated carbocycles. The normalized spacial score (nSPS) is 14.0. The second-order valence-electron chi connectivity index (χ2n) is 9.92. The van der Waals surface area contributed by atoms with Crippen molar-refractivity contribution in [3.63, 3.8) is 0 Å². The van der Waals surface area contributed by atoms with Gasteiger partial charge in [0, 0.05) is 54.9 Å². The molecule has 1 atom stereocenters. The molecule has 0 bridgehead atoms. The molecule has 0 unspecified atom stereocenters. The Balaban J connectivity index is 1.37. The van der Waals surface area contributed by atoms with Gasteiger partial charge in [-0.2, -0.15) is 0 Å². The van der Waals surface area contributed by atoms with Gasteiger partial charge in [0.2, 0.25) is 5.91 Å². The summed E-state index contributed by atoms with van der Waals surface area (Å²) in [5, 5.41) is 9.44. The quantitative estimate of drug-likeness (QED) is 0.353. The number of hydrogen-bond acceptors (Lipinski definition) is 7. The molecule has 1 aliphatic rings. The van der Waals surface area contributed by atoms with E-state index in [1.54, 1.807) is 43.4 Å². The Morgan fingerprint density at radius 2 is 1.70 bits per heavy atom. The van der Waals surface area contributed by atoms with Crippen LogP contribution in [0.1, 0.15) is 30.6 Å². The van der Waals surface area contributed by atoms with Crippen LogP contribution in [0, 0.1) is 5.92 Å². The second-order valence-corrected chi connectivity index (χ2v) is 10.4. The summed E-state index contributed by atoms with van der Waals surface area (Å²) in [6, 6.07) is 16.2. The maximum atomic E-state index is 13.3. The number of aromatic nitrogens is 2. The number of anilines is 1. The maximum absolute atomic E-state index is 13.3. The molecule has 0 N–H and O–H groups in total. The minimum atomic E-state index is -0.159. The van der Waals surface area contributed by atoms with Gasteiger partial charge in [-0.25, -0.2) is 0 Å². The van der Waals surface area contributed by atoms with Crippen LogP contribution in [0.5, 0.6) is 11.5 Å². The number of hydrogen-bond donors (Lipinski definition) is 0. The topological polar surface area (TPSA) is 88.1 Å². The van der Waals surface area contributed by atoms with Crippen LogP contribution >= 0.6 is 11.6 Å². The van der Waals surface area contributed by atoms with E-state index in [2.05, 4.69) is 28.9 Å². The molecule has 10 heteroatoms. The number of halogens is 1. The molecule has 4 rings (SSSR count). The molecular formula is C30H36ClN5O4. The molecule has 0 aliphatic carbocycles. The summed E-state index contributed by atoms with van der Waals surface area (Å²) in [7, 11) is 3.22. The zero-order chi connectivity index (χ0) is 28.6. The molecule has 0 radical (unpaired) electrons. The van der Waals surface area contributed by atoms with E-state index in [1.807, 2.05) is 35.2 Å². The number of amides is 2. The molecule has 1 fully saturated rings. The number of carbonyl (C=O) groups excluding carboxylic acids is 2. The minimum Gasteiger partial charge on any atom is -0.497 e. The van der Waals surface area contributed by atoms with Crippen molar-refractivity contribution in [2.45, 2.75) is 20.3 Å². The molecule has 3 aromatic rings. The number of ether oxygens (including phenoxy) is 2. The molecule has 2 heterocycles. The lowest BCUT2D eigenvalue weighted by Gasteiger charge is -2.36. The van der Waals surface area contributed by atoms with Crippen molar-refractivity contribution in [3.8, 4) is 22.8 Å². The van der Waals surface area contributed by atoms with Crippen molar-refractivity contribution in [1.82, 2.24) is 20.0 Å². The predicted molar refractivity (Wildman–Crippen MR) is 156 cm³/mol. The van der Waals surface area contributed by atoms with E-state index >= 15 is 0 Å². The summed E-state index contributed by atoms with van der Waals surface area (Å²) in [5.74, 6) is 2.17. The highest BCUT2D eigenvalue weighted by Gasteiger charge is 2.27. The van der Waals surface area contributed by atoms with Gasteiger partial charge in [0.15, 0.2) is 5.82 Å². The highest BCUT2D eigenvalue weighted by atomic mass is 35.5. The minimum absolute atomic E-state index is 0.0456. The molecule has 1 aromatic heterocycles. The SMILES string of the molecule is CC[C@H](C)CN(CC(=O)N1CCN(c2ccc(-c3ccc(OC)cc3OC)nn2)CC1)C(=O)c1ccc(Cl)cc1. The molecule has 2 aromatic carbocycles. The van der Waals surface area contributed by atoms with Gasteiger partial charge in [-0.15, -0.1) is 10.2 Å². The molecule has 9 nitrogen and oxygen atoms in total. The Morgan fingerprint density at radius 3 is 2.30 bits per heavy atom. The van der Waals surface area contributed by atoms with Gasteiger partial charge in [0.25, 0.3) is 5.91 Å². The Labute approximate surface area is 240 Å². The van der Waals surface area contributed by atoms with Crippen molar-refractivity contribution < 1.29 is 19.1 Å². The summed E-state index contributed by atoms with van der Waals surface area (Å²) >= 11 is 6.00. The lowest BCUT2D eigenvalue weighted by Crippen LogP contribution is -2.52. The van der Waals surface area contributed by atoms with E-state index in [9.17, 15) is 9.59 Å². The number of methoxy groups -OCH3 is 2. The maximum Gasteiger partial charge on any atom is 0.254 e. The number of benzene rings is 2. The van der Waals surface area contributed by atoms with Crippen LogP contribution < -0.4 is 14.4 Å². The molecule has 2 amide bonds. The van der Waals surface area contributed by atoms with Crippen molar-refractivity contribution >= 4 is 29.2 Å². The Bertz CT molecular complexity index is 1290. The van der Waals surface area contributed by atoms with Crippen LogP contribution in [0.3, 0.4) is 0 Å². The number of carbonyl (C=O) groups is 2. The largest absolute Gasteiger partial charge is 0.497 e. The Kier molecular flexibility index (Phi) is 9.82. The zero-order valence-electron chi connectivity index (χ0n) is 23.5. The van der Waals surface area contributed by atoms with E-state index < -0.39 is 0 Å². The standard InChI is InChI=1S/C30H36ClN5O4/c1-5-21(2)19-36(30(38)22-6-8-23(31)9-7-22)20-29(37)35-16-14-34(15-17-35)28-13-12-26(32-33-28)25-11-10-24(39-3)18-27(25)40-4/h6-13,18,21H,5,14-17,19-20H2,1-4H3/t21-/m0/s1. The van der Waals surface area contributed by atoms with E-state index in [0.29, 0.717) is 60.5 Å². The number of nitrogens with zero attached hydrogens (tertiary/aromatic N) is 5. The number of piperazine rings is 1. The summed E-state index contributed by atoms with van der Waals surface area (Å²) in [6.45, 7) is 7.07. The van der Waals surface area contributed by atoms with Crippen LogP contribution in [0.15, 0.2) is 54.6 Å². The summed E-state index contributed by atoms with van der Waals surface area (Å²) in [5.41, 5.74) is 2.05. The first-order chi connectivity index (χ1) is 19.3. The first kappa shape index (κ1) is 29.1. The van der Waals surface area contributed by atoms with Crippen LogP contribution in [-0.2, 0) is 4.79 Å². The average molecular weight is 566 g/mol. The first-order valence-electron chi connectivity index (χ1n) is 13.5. The van der Waals surface area contributed by atoms with E-state index in [1.165, 1.54) is 0 Å². The van der Waals surface area contributed by atoms with Gasteiger partial charge in [-0.3, -0.25) is 9.59 Å². The van der Waals surface area contributed by atoms with Crippen molar-refractivity contribution in [3.05, 3.63) is 65.2 Å². The average Bonchev–Trinajstić information content (AvgIpc) is 3.00. The fourth-order valence-corrected chi connectivity index (χ4v) is 4.72. The smallest absolute Gasteiger partial charge is 0.254 e. The van der Waals surface area contributed by atoms with Gasteiger partial charge in [0.1, 0.15) is 18.0 Å². The monoisotopic (exact) mass is 565 g/mol. The fraction of sp³-hybridized carbons (Fsp3) is 0.400. The van der Waals surface area contributed by atoms with Crippen LogP contribution in [-0.4, -0.2) is 85.3 Å². The van der Waals surface area contributed by atoms with Gasteiger partial charge in [-0.1, -0.05) is 31.9 Å². The van der Waals surface area contributed by atoms with Crippen LogP contribution in [0.25, 0.3) is 11.3 Å². The Morgan fingerprint density at radius 1 is 0.975 bits per heavy atom. The van der Waals surface area contributed by atoms with E-state index in [0.717, 1.165) is 17.8 Å². The Hall–Kier alpha value is -3.85. The highest BCUT2D eigenvalue weighted by molar-refractivity contribution is 6.30. The number of rotatable bonds is 10. The zero-order valence-corrected chi connectivity index (χ0v) is 24.2. The third-order valence-corrected chi connectivity index (χ3v) is 7.48. The molecule has 1 aliphatic heterocycles. The third-order valence-electron chi connectivity index (χ3n) is 7.22. The van der Waals surface area contributed by atoms with Gasteiger partial charge in [0.05, 0.1) is 19.9 Å². The van der Waals surface area contributed by atoms with Crippen LogP contribution in [0.4, 0.5) is 5.82 Å². The predicted octanol–water partition coefficient (Wildman–Crippen LogP) is 4.65. The van der Waals surface area contributed by atoms with Gasteiger partial charge >= 0.3 is 0 Å². The lowest BCUT2D eigenvalue weighted by atomic mass is 10.1. The second kappa shape index (κ2) is 13.5.